The molecule has 4 heteroatoms. The molecule has 0 N–H and O–H groups in total. The number of hydrogen-bond donors (Lipinski definition) is 0. The van der Waals surface area contributed by atoms with E-state index in [4.69, 9.17) is 0 Å². The van der Waals surface area contributed by atoms with E-state index < -0.39 is 0 Å². The summed E-state index contributed by atoms with van der Waals surface area (Å²) in [6.07, 6.45) is 0. The van der Waals surface area contributed by atoms with Gasteiger partial charge in [-0.25, -0.2) is 0 Å². The highest BCUT2D eigenvalue weighted by Crippen LogP contribution is 2.53. The molecule has 6 heterocycles. The van der Waals surface area contributed by atoms with Crippen LogP contribution in [0.25, 0.3) is 131 Å². The molecular formula is C62H46N4. The number of nitrogens with zero attached hydrogens (tertiary/aromatic N) is 4. The number of hydrogen-bond acceptors (Lipinski definition) is 0. The first-order valence-corrected chi connectivity index (χ1v) is 23.4. The first kappa shape index (κ1) is 36.5. The number of para-hydroxylation sites is 4. The van der Waals surface area contributed by atoms with E-state index >= 15 is 0 Å². The SMILES string of the molecule is CC(C)(C)c1ccc2c(c1)c1c3c4ccc(-n5c6ccccc6c6ccccc65)cc4n4c5ccc(C(C)(C)C)cc5c(c5c6ccc(-n7c8ccccc8c8ccccc87)cc6n2c15)c34. The summed E-state index contributed by atoms with van der Waals surface area (Å²) in [7, 11) is 0. The molecule has 66 heavy (non-hydrogen) atoms. The van der Waals surface area contributed by atoms with Crippen molar-refractivity contribution >= 4 is 120 Å². The summed E-state index contributed by atoms with van der Waals surface area (Å²) >= 11 is 0. The molecule has 0 fully saturated rings. The fraction of sp³-hybridized carbons (Fsp3) is 0.129. The Morgan fingerprint density at radius 1 is 0.273 bits per heavy atom. The molecule has 0 spiro atoms. The van der Waals surface area contributed by atoms with Gasteiger partial charge < -0.3 is 17.9 Å². The Balaban J connectivity index is 1.15. The van der Waals surface area contributed by atoms with Crippen molar-refractivity contribution in [2.75, 3.05) is 0 Å². The van der Waals surface area contributed by atoms with E-state index in [0.717, 1.165) is 0 Å². The van der Waals surface area contributed by atoms with Crippen molar-refractivity contribution in [2.45, 2.75) is 52.4 Å². The van der Waals surface area contributed by atoms with Crippen LogP contribution in [0.1, 0.15) is 52.7 Å². The molecule has 9 aromatic carbocycles. The molecule has 0 saturated carbocycles. The van der Waals surface area contributed by atoms with Crippen molar-refractivity contribution in [3.05, 3.63) is 181 Å². The predicted octanol–water partition coefficient (Wildman–Crippen LogP) is 16.8. The van der Waals surface area contributed by atoms with Gasteiger partial charge >= 0.3 is 0 Å². The lowest BCUT2D eigenvalue weighted by Gasteiger charge is -2.19. The molecule has 0 saturated heterocycles. The average molecular weight is 847 g/mol. The molecule has 0 radical (unpaired) electrons. The summed E-state index contributed by atoms with van der Waals surface area (Å²) in [6.45, 7) is 14.0. The zero-order valence-electron chi connectivity index (χ0n) is 38.0. The van der Waals surface area contributed by atoms with Gasteiger partial charge in [-0.05, 0) is 94.8 Å². The topological polar surface area (TPSA) is 18.7 Å². The van der Waals surface area contributed by atoms with Crippen LogP contribution in [0.5, 0.6) is 0 Å². The van der Waals surface area contributed by atoms with E-state index in [1.54, 1.807) is 0 Å². The van der Waals surface area contributed by atoms with Gasteiger partial charge in [-0.1, -0.05) is 139 Å². The minimum absolute atomic E-state index is 0.0189. The van der Waals surface area contributed by atoms with Gasteiger partial charge in [-0.2, -0.15) is 0 Å². The molecule has 4 nitrogen and oxygen atoms in total. The van der Waals surface area contributed by atoms with Crippen molar-refractivity contribution in [1.29, 1.82) is 0 Å². The molecule has 0 unspecified atom stereocenters. The minimum Gasteiger partial charge on any atom is -0.309 e. The third-order valence-electron chi connectivity index (χ3n) is 15.3. The maximum atomic E-state index is 2.62. The third-order valence-corrected chi connectivity index (χ3v) is 15.3. The van der Waals surface area contributed by atoms with Crippen LogP contribution in [0, 0.1) is 0 Å². The zero-order chi connectivity index (χ0) is 44.1. The van der Waals surface area contributed by atoms with Crippen LogP contribution in [-0.2, 0) is 10.8 Å². The first-order valence-electron chi connectivity index (χ1n) is 23.4. The van der Waals surface area contributed by atoms with E-state index in [2.05, 4.69) is 229 Å². The second-order valence-electron chi connectivity index (χ2n) is 21.0. The molecule has 15 rings (SSSR count). The number of fused-ring (bicyclic) bond motifs is 20. The number of benzene rings is 9. The summed E-state index contributed by atoms with van der Waals surface area (Å²) in [4.78, 5) is 0. The van der Waals surface area contributed by atoms with Gasteiger partial charge in [0.1, 0.15) is 0 Å². The molecule has 0 atom stereocenters. The van der Waals surface area contributed by atoms with Crippen molar-refractivity contribution in [3.63, 3.8) is 0 Å². The highest BCUT2D eigenvalue weighted by atomic mass is 15.0. The standard InChI is InChI=1S/C62H46N4/c1-61(2,3)35-23-29-51-45(31-35)57-55-43-27-25-38(64-49-21-13-9-17-41(49)42-18-10-14-22-50(42)64)34-54(43)66-52-30-24-36(62(4,5)6)32-46(52)58(60(55)66)56-44-28-26-37(33-53(44)65(51)59(56)57)63-47-19-11-7-15-39(47)40-16-8-12-20-48(40)63/h7-34H,1-6H3. The second kappa shape index (κ2) is 12.1. The molecule has 0 aliphatic rings. The van der Waals surface area contributed by atoms with Crippen LogP contribution in [0.4, 0.5) is 0 Å². The minimum atomic E-state index is -0.0189. The van der Waals surface area contributed by atoms with Gasteiger partial charge in [0.05, 0.1) is 55.2 Å². The summed E-state index contributed by atoms with van der Waals surface area (Å²) in [6, 6.07) is 64.5. The summed E-state index contributed by atoms with van der Waals surface area (Å²) in [5.41, 5.74) is 17.5. The largest absolute Gasteiger partial charge is 0.309 e. The van der Waals surface area contributed by atoms with E-state index in [1.165, 1.54) is 142 Å². The molecule has 0 amide bonds. The number of rotatable bonds is 2. The Labute approximate surface area is 380 Å². The maximum absolute atomic E-state index is 2.62. The Hall–Kier alpha value is -7.82. The smallest absolute Gasteiger partial charge is 0.0634 e. The first-order chi connectivity index (χ1) is 32.0. The summed E-state index contributed by atoms with van der Waals surface area (Å²) in [5, 5.41) is 15.7. The van der Waals surface area contributed by atoms with Crippen molar-refractivity contribution < 1.29 is 0 Å². The molecular weight excluding hydrogens is 801 g/mol. The van der Waals surface area contributed by atoms with E-state index in [-0.39, 0.29) is 10.8 Å². The van der Waals surface area contributed by atoms with Gasteiger partial charge in [-0.15, -0.1) is 0 Å². The highest BCUT2D eigenvalue weighted by Gasteiger charge is 2.31. The fourth-order valence-electron chi connectivity index (χ4n) is 12.3. The lowest BCUT2D eigenvalue weighted by Crippen LogP contribution is -2.10. The van der Waals surface area contributed by atoms with Gasteiger partial charge in [-0.3, -0.25) is 0 Å². The Morgan fingerprint density at radius 3 is 0.955 bits per heavy atom. The van der Waals surface area contributed by atoms with Crippen LogP contribution in [-0.4, -0.2) is 17.9 Å². The van der Waals surface area contributed by atoms with Crippen molar-refractivity contribution in [1.82, 2.24) is 17.9 Å². The van der Waals surface area contributed by atoms with Gasteiger partial charge in [0.15, 0.2) is 0 Å². The van der Waals surface area contributed by atoms with Crippen LogP contribution < -0.4 is 0 Å². The van der Waals surface area contributed by atoms with Crippen molar-refractivity contribution in [2.24, 2.45) is 0 Å². The summed E-state index contributed by atoms with van der Waals surface area (Å²) < 4.78 is 10.2. The highest BCUT2D eigenvalue weighted by molar-refractivity contribution is 6.45. The predicted molar refractivity (Wildman–Crippen MR) is 282 cm³/mol. The molecule has 6 aromatic heterocycles. The Bertz CT molecular complexity index is 4180. The van der Waals surface area contributed by atoms with Gasteiger partial charge in [0, 0.05) is 76.0 Å². The fourth-order valence-corrected chi connectivity index (χ4v) is 12.3. The average Bonchev–Trinajstić information content (AvgIpc) is 4.15. The third kappa shape index (κ3) is 4.44. The normalized spacial score (nSPS) is 13.3. The molecule has 0 bridgehead atoms. The monoisotopic (exact) mass is 846 g/mol. The lowest BCUT2D eigenvalue weighted by molar-refractivity contribution is 0.591. The van der Waals surface area contributed by atoms with Crippen molar-refractivity contribution in [3.8, 4) is 11.4 Å². The van der Waals surface area contributed by atoms with E-state index in [9.17, 15) is 0 Å². The van der Waals surface area contributed by atoms with Gasteiger partial charge in [0.25, 0.3) is 0 Å². The van der Waals surface area contributed by atoms with E-state index in [1.807, 2.05) is 0 Å². The van der Waals surface area contributed by atoms with Crippen LogP contribution >= 0.6 is 0 Å². The van der Waals surface area contributed by atoms with Crippen LogP contribution in [0.2, 0.25) is 0 Å². The second-order valence-corrected chi connectivity index (χ2v) is 21.0. The quantitative estimate of drug-likeness (QED) is 0.165. The van der Waals surface area contributed by atoms with Gasteiger partial charge in [0.2, 0.25) is 0 Å². The Kier molecular flexibility index (Phi) is 6.69. The van der Waals surface area contributed by atoms with Crippen LogP contribution in [0.15, 0.2) is 170 Å². The molecule has 0 aliphatic carbocycles. The Morgan fingerprint density at radius 2 is 0.606 bits per heavy atom. The van der Waals surface area contributed by atoms with Crippen LogP contribution in [0.3, 0.4) is 0 Å². The summed E-state index contributed by atoms with van der Waals surface area (Å²) in [5.74, 6) is 0. The zero-order valence-corrected chi connectivity index (χ0v) is 38.0. The molecule has 15 aromatic rings. The molecule has 0 aliphatic heterocycles. The molecule has 314 valence electrons. The number of aromatic nitrogens is 4. The lowest BCUT2D eigenvalue weighted by atomic mass is 9.85. The maximum Gasteiger partial charge on any atom is 0.0634 e. The van der Waals surface area contributed by atoms with E-state index in [0.29, 0.717) is 0 Å².